The second-order valence-corrected chi connectivity index (χ2v) is 8.14. The van der Waals surface area contributed by atoms with Crippen molar-refractivity contribution >= 4 is 22.5 Å². The first-order valence-corrected chi connectivity index (χ1v) is 10.4. The molecule has 0 saturated heterocycles. The van der Waals surface area contributed by atoms with Gasteiger partial charge in [0.25, 0.3) is 5.56 Å². The molecule has 2 aromatic heterocycles. The van der Waals surface area contributed by atoms with Gasteiger partial charge in [-0.25, -0.2) is 9.36 Å². The number of rotatable bonds is 5. The molecule has 0 spiro atoms. The number of amides is 1. The van der Waals surface area contributed by atoms with E-state index < -0.39 is 0 Å². The van der Waals surface area contributed by atoms with E-state index in [0.717, 1.165) is 40.7 Å². The molecule has 7 nitrogen and oxygen atoms in total. The average Bonchev–Trinajstić information content (AvgIpc) is 3.50. The number of fused-ring (bicyclic) bond motifs is 1. The van der Waals surface area contributed by atoms with Crippen molar-refractivity contribution in [2.45, 2.75) is 39.2 Å². The second-order valence-electron chi connectivity index (χ2n) is 8.14. The van der Waals surface area contributed by atoms with Gasteiger partial charge in [0.05, 0.1) is 17.6 Å². The van der Waals surface area contributed by atoms with Crippen LogP contribution in [0.1, 0.15) is 35.6 Å². The number of hydrogen-bond donors (Lipinski definition) is 1. The summed E-state index contributed by atoms with van der Waals surface area (Å²) in [7, 11) is 0. The van der Waals surface area contributed by atoms with E-state index in [1.165, 1.54) is 4.68 Å². The van der Waals surface area contributed by atoms with Crippen molar-refractivity contribution in [2.75, 3.05) is 5.32 Å². The number of carbonyl (C=O) groups is 1. The third kappa shape index (κ3) is 3.63. The van der Waals surface area contributed by atoms with Crippen LogP contribution in [0.4, 0.5) is 5.69 Å². The maximum atomic E-state index is 13.4. The fourth-order valence-electron chi connectivity index (χ4n) is 3.82. The van der Waals surface area contributed by atoms with Gasteiger partial charge in [0, 0.05) is 17.0 Å². The normalized spacial score (nSPS) is 13.5. The van der Waals surface area contributed by atoms with Crippen molar-refractivity contribution in [3.8, 4) is 5.69 Å². The molecule has 0 unspecified atom stereocenters. The number of nitrogens with one attached hydrogen (secondary N) is 1. The first-order chi connectivity index (χ1) is 15.0. The Balaban J connectivity index is 1.57. The Morgan fingerprint density at radius 2 is 1.84 bits per heavy atom. The SMILES string of the molecule is Cc1ccc(NC(=O)Cn2nc(C3CC3)c3cnn(-c4ccccc4C)c3c2=O)cc1. The predicted octanol–water partition coefficient (Wildman–Crippen LogP) is 3.72. The first-order valence-electron chi connectivity index (χ1n) is 10.4. The third-order valence-corrected chi connectivity index (χ3v) is 5.65. The molecule has 1 aliphatic rings. The highest BCUT2D eigenvalue weighted by atomic mass is 16.2. The van der Waals surface area contributed by atoms with E-state index in [4.69, 9.17) is 0 Å². The minimum Gasteiger partial charge on any atom is -0.324 e. The topological polar surface area (TPSA) is 81.8 Å². The zero-order chi connectivity index (χ0) is 21.5. The summed E-state index contributed by atoms with van der Waals surface area (Å²) >= 11 is 0. The first kappa shape index (κ1) is 19.2. The number of hydrogen-bond acceptors (Lipinski definition) is 4. The zero-order valence-corrected chi connectivity index (χ0v) is 17.5. The Morgan fingerprint density at radius 3 is 2.55 bits per heavy atom. The van der Waals surface area contributed by atoms with Gasteiger partial charge in [0.2, 0.25) is 5.91 Å². The molecular formula is C24H23N5O2. The minimum atomic E-state index is -0.320. The molecule has 1 saturated carbocycles. The fraction of sp³-hybridized carbons (Fsp3) is 0.250. The van der Waals surface area contributed by atoms with E-state index in [0.29, 0.717) is 17.1 Å². The molecule has 1 amide bonds. The molecule has 2 heterocycles. The minimum absolute atomic E-state index is 0.151. The lowest BCUT2D eigenvalue weighted by Crippen LogP contribution is -2.31. The van der Waals surface area contributed by atoms with Crippen LogP contribution in [0.2, 0.25) is 0 Å². The molecule has 7 heteroatoms. The zero-order valence-electron chi connectivity index (χ0n) is 17.5. The van der Waals surface area contributed by atoms with Crippen LogP contribution in [-0.2, 0) is 11.3 Å². The van der Waals surface area contributed by atoms with Gasteiger partial charge < -0.3 is 5.32 Å². The Kier molecular flexibility index (Phi) is 4.66. The molecule has 1 N–H and O–H groups in total. The van der Waals surface area contributed by atoms with Crippen molar-refractivity contribution in [3.63, 3.8) is 0 Å². The number of para-hydroxylation sites is 1. The molecule has 0 aliphatic heterocycles. The maximum Gasteiger partial charge on any atom is 0.293 e. The molecule has 1 aliphatic carbocycles. The predicted molar refractivity (Wildman–Crippen MR) is 120 cm³/mol. The quantitative estimate of drug-likeness (QED) is 0.541. The number of aryl methyl sites for hydroxylation is 2. The van der Waals surface area contributed by atoms with Crippen molar-refractivity contribution < 1.29 is 4.79 Å². The van der Waals surface area contributed by atoms with Gasteiger partial charge >= 0.3 is 0 Å². The standard InChI is InChI=1S/C24H23N5O2/c1-15-7-11-18(12-8-15)26-21(30)14-28-24(31)23-19(22(27-28)17-9-10-17)13-25-29(23)20-6-4-3-5-16(20)2/h3-8,11-13,17H,9-10,14H2,1-2H3,(H,26,30). The van der Waals surface area contributed by atoms with Crippen LogP contribution in [0, 0.1) is 13.8 Å². The van der Waals surface area contributed by atoms with Crippen molar-refractivity contribution in [2.24, 2.45) is 0 Å². The van der Waals surface area contributed by atoms with Crippen molar-refractivity contribution in [1.29, 1.82) is 0 Å². The fourth-order valence-corrected chi connectivity index (χ4v) is 3.82. The smallest absolute Gasteiger partial charge is 0.293 e. The van der Waals surface area contributed by atoms with E-state index in [1.807, 2.05) is 62.4 Å². The van der Waals surface area contributed by atoms with E-state index in [-0.39, 0.29) is 18.0 Å². The lowest BCUT2D eigenvalue weighted by molar-refractivity contribution is -0.117. The molecule has 4 aromatic rings. The van der Waals surface area contributed by atoms with Gasteiger partial charge in [-0.3, -0.25) is 9.59 Å². The van der Waals surface area contributed by atoms with E-state index in [9.17, 15) is 9.59 Å². The van der Waals surface area contributed by atoms with E-state index in [2.05, 4.69) is 15.5 Å². The van der Waals surface area contributed by atoms with Crippen LogP contribution in [-0.4, -0.2) is 25.5 Å². The summed E-state index contributed by atoms with van der Waals surface area (Å²) in [4.78, 5) is 26.0. The third-order valence-electron chi connectivity index (χ3n) is 5.65. The molecule has 0 atom stereocenters. The van der Waals surface area contributed by atoms with Crippen molar-refractivity contribution in [3.05, 3.63) is 81.9 Å². The molecule has 1 fully saturated rings. The summed E-state index contributed by atoms with van der Waals surface area (Å²) in [6.45, 7) is 3.82. The number of anilines is 1. The Labute approximate surface area is 179 Å². The van der Waals surface area contributed by atoms with Crippen LogP contribution in [0.15, 0.2) is 59.5 Å². The van der Waals surface area contributed by atoms with Crippen LogP contribution in [0.5, 0.6) is 0 Å². The number of nitrogens with zero attached hydrogens (tertiary/aromatic N) is 4. The van der Waals surface area contributed by atoms with Crippen LogP contribution in [0.25, 0.3) is 16.6 Å². The maximum absolute atomic E-state index is 13.4. The van der Waals surface area contributed by atoms with Gasteiger partial charge in [-0.05, 0) is 50.5 Å². The highest BCUT2D eigenvalue weighted by molar-refractivity contribution is 5.91. The lowest BCUT2D eigenvalue weighted by Gasteiger charge is -2.11. The van der Waals surface area contributed by atoms with E-state index in [1.54, 1.807) is 10.9 Å². The number of benzene rings is 2. The van der Waals surface area contributed by atoms with Crippen LogP contribution < -0.4 is 10.9 Å². The van der Waals surface area contributed by atoms with Gasteiger partial charge in [-0.1, -0.05) is 35.9 Å². The summed E-state index contributed by atoms with van der Waals surface area (Å²) in [5, 5.41) is 12.7. The summed E-state index contributed by atoms with van der Waals surface area (Å²) in [6.07, 6.45) is 3.79. The van der Waals surface area contributed by atoms with Gasteiger partial charge in [-0.15, -0.1) is 0 Å². The van der Waals surface area contributed by atoms with Crippen LogP contribution in [0.3, 0.4) is 0 Å². The van der Waals surface area contributed by atoms with Gasteiger partial charge in [0.15, 0.2) is 0 Å². The molecule has 0 radical (unpaired) electrons. The molecule has 5 rings (SSSR count). The molecule has 0 bridgehead atoms. The van der Waals surface area contributed by atoms with Crippen molar-refractivity contribution in [1.82, 2.24) is 19.6 Å². The average molecular weight is 413 g/mol. The molecular weight excluding hydrogens is 390 g/mol. The van der Waals surface area contributed by atoms with Gasteiger partial charge in [-0.2, -0.15) is 10.2 Å². The lowest BCUT2D eigenvalue weighted by atomic mass is 10.2. The largest absolute Gasteiger partial charge is 0.324 e. The monoisotopic (exact) mass is 413 g/mol. The summed E-state index contributed by atoms with van der Waals surface area (Å²) < 4.78 is 2.95. The number of carbonyl (C=O) groups excluding carboxylic acids is 1. The Hall–Kier alpha value is -3.74. The van der Waals surface area contributed by atoms with Gasteiger partial charge in [0.1, 0.15) is 12.1 Å². The second kappa shape index (κ2) is 7.50. The summed E-state index contributed by atoms with van der Waals surface area (Å²) in [5.41, 5.74) is 4.65. The molecule has 31 heavy (non-hydrogen) atoms. The van der Waals surface area contributed by atoms with E-state index >= 15 is 0 Å². The summed E-state index contributed by atoms with van der Waals surface area (Å²) in [6, 6.07) is 15.3. The molecule has 2 aromatic carbocycles. The van der Waals surface area contributed by atoms with Crippen LogP contribution >= 0.6 is 0 Å². The highest BCUT2D eigenvalue weighted by Crippen LogP contribution is 2.41. The highest BCUT2D eigenvalue weighted by Gasteiger charge is 2.30. The summed E-state index contributed by atoms with van der Waals surface area (Å²) in [5.74, 6) is 0.0190. The molecule has 156 valence electrons. The Bertz CT molecular complexity index is 1350. The Morgan fingerprint density at radius 1 is 1.10 bits per heavy atom. The number of aromatic nitrogens is 4.